The molecule has 5 nitrogen and oxygen atoms in total. The van der Waals surface area contributed by atoms with E-state index in [2.05, 4.69) is 60.5 Å². The van der Waals surface area contributed by atoms with E-state index in [0.717, 1.165) is 17.7 Å². The van der Waals surface area contributed by atoms with Gasteiger partial charge in [0, 0.05) is 3.57 Å². The Bertz CT molecular complexity index is 680. The highest BCUT2D eigenvalue weighted by molar-refractivity contribution is 14.1. The van der Waals surface area contributed by atoms with Crippen LogP contribution in [-0.4, -0.2) is 24.9 Å². The molecule has 0 saturated heterocycles. The van der Waals surface area contributed by atoms with Gasteiger partial charge in [-0.05, 0) is 57.3 Å². The van der Waals surface area contributed by atoms with Gasteiger partial charge in [-0.25, -0.2) is 0 Å². The molecule has 3 aromatic rings. The molecule has 0 aliphatic heterocycles. The first-order valence-electron chi connectivity index (χ1n) is 4.50. The number of phenolic OH excluding ortho intramolecular Hbond substituents is 1. The number of aromatic nitrogens is 4. The van der Waals surface area contributed by atoms with Gasteiger partial charge < -0.3 is 5.11 Å². The summed E-state index contributed by atoms with van der Waals surface area (Å²) in [5, 5.41) is 22.8. The second-order valence-corrected chi connectivity index (χ2v) is 6.61. The van der Waals surface area contributed by atoms with Crippen molar-refractivity contribution in [2.75, 3.05) is 0 Å². The summed E-state index contributed by atoms with van der Waals surface area (Å²) in [6.07, 6.45) is 1.55. The number of aromatic hydroxyl groups is 1. The fourth-order valence-electron chi connectivity index (χ4n) is 1.40. The second kappa shape index (κ2) is 4.31. The molecule has 0 fully saturated rings. The van der Waals surface area contributed by atoms with Crippen molar-refractivity contribution in [1.29, 1.82) is 0 Å². The molecule has 0 radical (unpaired) electrons. The number of nitrogens with zero attached hydrogens (tertiary/aromatic N) is 4. The summed E-state index contributed by atoms with van der Waals surface area (Å²) < 4.78 is 3.48. The SMILES string of the molecule is Oc1c(I)cc(I)cc1-c1nn2cnnc2s1. The summed E-state index contributed by atoms with van der Waals surface area (Å²) in [7, 11) is 0. The number of hydrogen-bond acceptors (Lipinski definition) is 5. The van der Waals surface area contributed by atoms with Gasteiger partial charge in [0.15, 0.2) is 5.01 Å². The lowest BCUT2D eigenvalue weighted by atomic mass is 10.2. The van der Waals surface area contributed by atoms with Crippen LogP contribution < -0.4 is 0 Å². The van der Waals surface area contributed by atoms with Gasteiger partial charge in [0.25, 0.3) is 0 Å². The van der Waals surface area contributed by atoms with E-state index in [1.54, 1.807) is 10.8 Å². The Morgan fingerprint density at radius 1 is 1.29 bits per heavy atom. The van der Waals surface area contributed by atoms with Crippen molar-refractivity contribution in [3.8, 4) is 16.3 Å². The summed E-state index contributed by atoms with van der Waals surface area (Å²) in [6.45, 7) is 0. The molecule has 0 atom stereocenters. The topological polar surface area (TPSA) is 63.3 Å². The third-order valence-electron chi connectivity index (χ3n) is 2.15. The highest BCUT2D eigenvalue weighted by Gasteiger charge is 2.14. The Morgan fingerprint density at radius 2 is 2.12 bits per heavy atom. The van der Waals surface area contributed by atoms with E-state index in [-0.39, 0.29) is 5.75 Å². The minimum Gasteiger partial charge on any atom is -0.506 e. The van der Waals surface area contributed by atoms with Gasteiger partial charge in [-0.1, -0.05) is 11.3 Å². The zero-order valence-electron chi connectivity index (χ0n) is 8.13. The number of rotatable bonds is 1. The van der Waals surface area contributed by atoms with Crippen LogP contribution in [0.5, 0.6) is 5.75 Å². The molecule has 3 rings (SSSR count). The van der Waals surface area contributed by atoms with E-state index < -0.39 is 0 Å². The third kappa shape index (κ3) is 2.01. The number of halogens is 2. The first-order chi connectivity index (χ1) is 8.15. The lowest BCUT2D eigenvalue weighted by Crippen LogP contribution is -1.86. The van der Waals surface area contributed by atoms with Crippen molar-refractivity contribution < 1.29 is 5.11 Å². The highest BCUT2D eigenvalue weighted by atomic mass is 127. The predicted octanol–water partition coefficient (Wildman–Crippen LogP) is 2.77. The molecule has 8 heteroatoms. The van der Waals surface area contributed by atoms with E-state index in [4.69, 9.17) is 0 Å². The minimum atomic E-state index is 0.260. The molecular weight excluding hydrogens is 466 g/mol. The number of fused-ring (bicyclic) bond motifs is 1. The quantitative estimate of drug-likeness (QED) is 0.557. The van der Waals surface area contributed by atoms with E-state index in [0.29, 0.717) is 4.96 Å². The highest BCUT2D eigenvalue weighted by Crippen LogP contribution is 2.36. The number of phenols is 1. The van der Waals surface area contributed by atoms with Crippen molar-refractivity contribution in [2.45, 2.75) is 0 Å². The molecule has 17 heavy (non-hydrogen) atoms. The molecule has 0 aliphatic carbocycles. The molecule has 2 heterocycles. The lowest BCUT2D eigenvalue weighted by molar-refractivity contribution is 0.473. The first kappa shape index (κ1) is 11.6. The summed E-state index contributed by atoms with van der Waals surface area (Å²) in [5.74, 6) is 0.260. The van der Waals surface area contributed by atoms with Crippen LogP contribution in [0.25, 0.3) is 15.5 Å². The van der Waals surface area contributed by atoms with E-state index in [1.165, 1.54) is 11.3 Å². The van der Waals surface area contributed by atoms with Crippen molar-refractivity contribution >= 4 is 61.5 Å². The monoisotopic (exact) mass is 470 g/mol. The molecule has 2 aromatic heterocycles. The van der Waals surface area contributed by atoms with Gasteiger partial charge in [0.2, 0.25) is 4.96 Å². The first-order valence-corrected chi connectivity index (χ1v) is 7.48. The van der Waals surface area contributed by atoms with Crippen molar-refractivity contribution in [2.24, 2.45) is 0 Å². The van der Waals surface area contributed by atoms with Crippen molar-refractivity contribution in [1.82, 2.24) is 19.8 Å². The van der Waals surface area contributed by atoms with Gasteiger partial charge >= 0.3 is 0 Å². The third-order valence-corrected chi connectivity index (χ3v) is 4.54. The second-order valence-electron chi connectivity index (χ2n) is 3.25. The van der Waals surface area contributed by atoms with Crippen LogP contribution in [0.4, 0.5) is 0 Å². The Labute approximate surface area is 127 Å². The molecule has 0 amide bonds. The average molecular weight is 470 g/mol. The van der Waals surface area contributed by atoms with Crippen LogP contribution in [-0.2, 0) is 0 Å². The van der Waals surface area contributed by atoms with E-state index in [9.17, 15) is 5.11 Å². The van der Waals surface area contributed by atoms with Gasteiger partial charge in [-0.15, -0.1) is 10.2 Å². The summed E-state index contributed by atoms with van der Waals surface area (Å²) >= 11 is 5.72. The van der Waals surface area contributed by atoms with Crippen LogP contribution >= 0.6 is 56.5 Å². The maximum absolute atomic E-state index is 10.0. The molecule has 0 unspecified atom stereocenters. The fraction of sp³-hybridized carbons (Fsp3) is 0. The maximum Gasteiger partial charge on any atom is 0.234 e. The Balaban J connectivity index is 2.24. The van der Waals surface area contributed by atoms with Crippen LogP contribution in [0, 0.1) is 7.14 Å². The van der Waals surface area contributed by atoms with Crippen LogP contribution in [0.1, 0.15) is 0 Å². The number of hydrogen-bond donors (Lipinski definition) is 1. The molecule has 86 valence electrons. The minimum absolute atomic E-state index is 0.260. The van der Waals surface area contributed by atoms with Gasteiger partial charge in [-0.3, -0.25) is 0 Å². The fourth-order valence-corrected chi connectivity index (χ4v) is 4.08. The summed E-state index contributed by atoms with van der Waals surface area (Å²) in [4.78, 5) is 0.716. The van der Waals surface area contributed by atoms with Crippen LogP contribution in [0.3, 0.4) is 0 Å². The molecule has 1 N–H and O–H groups in total. The molecular formula is C9H4I2N4OS. The van der Waals surface area contributed by atoms with Gasteiger partial charge in [-0.2, -0.15) is 9.61 Å². The van der Waals surface area contributed by atoms with E-state index >= 15 is 0 Å². The predicted molar refractivity (Wildman–Crippen MR) is 81.2 cm³/mol. The van der Waals surface area contributed by atoms with Gasteiger partial charge in [0.05, 0.1) is 9.13 Å². The molecule has 0 aliphatic rings. The van der Waals surface area contributed by atoms with Crippen LogP contribution in [0.2, 0.25) is 0 Å². The summed E-state index contributed by atoms with van der Waals surface area (Å²) in [5.41, 5.74) is 0.733. The average Bonchev–Trinajstić information content (AvgIpc) is 2.83. The molecule has 0 bridgehead atoms. The van der Waals surface area contributed by atoms with E-state index in [1.807, 2.05) is 12.1 Å². The molecule has 0 saturated carbocycles. The standard InChI is InChI=1S/C9H4I2N4OS/c10-4-1-5(7(16)6(11)2-4)8-14-15-3-12-13-9(15)17-8/h1-3,16H. The Kier molecular flexibility index (Phi) is 2.94. The maximum atomic E-state index is 10.0. The zero-order chi connectivity index (χ0) is 12.0. The smallest absolute Gasteiger partial charge is 0.234 e. The van der Waals surface area contributed by atoms with Crippen LogP contribution in [0.15, 0.2) is 18.5 Å². The zero-order valence-corrected chi connectivity index (χ0v) is 13.3. The number of benzene rings is 1. The Hall–Kier alpha value is -0.490. The molecule has 1 aromatic carbocycles. The summed E-state index contributed by atoms with van der Waals surface area (Å²) in [6, 6.07) is 3.82. The molecule has 0 spiro atoms. The lowest BCUT2D eigenvalue weighted by Gasteiger charge is -2.03. The van der Waals surface area contributed by atoms with Gasteiger partial charge in [0.1, 0.15) is 12.1 Å². The Morgan fingerprint density at radius 3 is 2.88 bits per heavy atom. The largest absolute Gasteiger partial charge is 0.506 e. The normalized spacial score (nSPS) is 11.2. The van der Waals surface area contributed by atoms with Crippen molar-refractivity contribution in [3.05, 3.63) is 25.6 Å². The van der Waals surface area contributed by atoms with Crippen molar-refractivity contribution in [3.63, 3.8) is 0 Å².